The fraction of sp³-hybridized carbons (Fsp3) is 0.419. The maximum absolute atomic E-state index is 14.5. The largest absolute Gasteiger partial charge is 0.468 e. The third-order valence-corrected chi connectivity index (χ3v) is 9.45. The number of esters is 2. The van der Waals surface area contributed by atoms with Crippen LogP contribution in [0, 0.1) is 5.41 Å². The number of benzene rings is 2. The lowest BCUT2D eigenvalue weighted by Crippen LogP contribution is -2.47. The zero-order valence-corrected chi connectivity index (χ0v) is 23.4. The molecule has 7 heteroatoms. The summed E-state index contributed by atoms with van der Waals surface area (Å²) in [6.07, 6.45) is 2.99. The number of hydrogen-bond acceptors (Lipinski definition) is 6. The first-order valence-corrected chi connectivity index (χ1v) is 14.3. The summed E-state index contributed by atoms with van der Waals surface area (Å²) in [4.78, 5) is 26.9. The number of unbranched alkanes of at least 4 members (excludes halogenated alkanes) is 1. The average molecular weight is 539 g/mol. The highest BCUT2D eigenvalue weighted by Crippen LogP contribution is 2.53. The van der Waals surface area contributed by atoms with Gasteiger partial charge in [0.2, 0.25) is 0 Å². The van der Waals surface area contributed by atoms with Gasteiger partial charge >= 0.3 is 11.9 Å². The smallest absolute Gasteiger partial charge is 0.327 e. The third-order valence-electron chi connectivity index (χ3n) is 7.54. The Labute approximate surface area is 228 Å². The van der Waals surface area contributed by atoms with Crippen molar-refractivity contribution in [1.82, 2.24) is 0 Å². The maximum Gasteiger partial charge on any atom is 0.327 e. The van der Waals surface area contributed by atoms with E-state index in [0.717, 1.165) is 38.2 Å². The summed E-state index contributed by atoms with van der Waals surface area (Å²) < 4.78 is 58.3. The van der Waals surface area contributed by atoms with E-state index in [2.05, 4.69) is 0 Å². The Hall–Kier alpha value is -3.19. The van der Waals surface area contributed by atoms with E-state index in [0.29, 0.717) is 6.42 Å². The molecule has 0 radical (unpaired) electrons. The van der Waals surface area contributed by atoms with Gasteiger partial charge in [-0.3, -0.25) is 9.59 Å². The van der Waals surface area contributed by atoms with Gasteiger partial charge in [-0.1, -0.05) is 88.2 Å². The second-order valence-corrected chi connectivity index (χ2v) is 12.4. The molecule has 0 saturated carbocycles. The number of hydrogen-bond donors (Lipinski definition) is 0. The molecule has 0 aromatic heterocycles. The van der Waals surface area contributed by atoms with Crippen LogP contribution in [-0.2, 0) is 34.3 Å². The van der Waals surface area contributed by atoms with Gasteiger partial charge in [-0.15, -0.1) is 0 Å². The number of methoxy groups -OCH3 is 2. The first-order chi connectivity index (χ1) is 18.8. The topological polar surface area (TPSA) is 86.7 Å². The third kappa shape index (κ3) is 4.62. The standard InChI is InChI=1S/C31H36O6S/c1-6-7-15-22-23-16-11-12-17-26(23)30(2,3)18-25-24(22)19-31(28(32)36-4,29(33)37-5)20-27(25)38(34,35)21-13-9-8-10-14-21/h8-14,16-19,22,27H,6-7,15,20H2,1-5H3/t22-,27+/m0/s1/i19D,27D. The molecule has 0 aliphatic heterocycles. The van der Waals surface area contributed by atoms with Crippen molar-refractivity contribution in [3.05, 3.63) is 89.0 Å². The minimum Gasteiger partial charge on any atom is -0.468 e. The van der Waals surface area contributed by atoms with Crippen LogP contribution in [0.4, 0.5) is 0 Å². The van der Waals surface area contributed by atoms with E-state index in [-0.39, 0.29) is 22.1 Å². The van der Waals surface area contributed by atoms with E-state index >= 15 is 0 Å². The molecule has 0 spiro atoms. The van der Waals surface area contributed by atoms with Crippen molar-refractivity contribution in [2.75, 3.05) is 14.2 Å². The Kier molecular flexibility index (Phi) is 6.95. The van der Waals surface area contributed by atoms with Crippen LogP contribution < -0.4 is 0 Å². The monoisotopic (exact) mass is 538 g/mol. The maximum atomic E-state index is 14.5. The number of sulfone groups is 1. The van der Waals surface area contributed by atoms with Crippen LogP contribution in [0.1, 0.15) is 66.2 Å². The van der Waals surface area contributed by atoms with Gasteiger partial charge in [-0.25, -0.2) is 8.42 Å². The summed E-state index contributed by atoms with van der Waals surface area (Å²) >= 11 is 0. The molecule has 2 atom stereocenters. The molecule has 38 heavy (non-hydrogen) atoms. The highest BCUT2D eigenvalue weighted by Gasteiger charge is 2.56. The lowest BCUT2D eigenvalue weighted by atomic mass is 9.69. The van der Waals surface area contributed by atoms with Crippen LogP contribution in [-0.4, -0.2) is 39.8 Å². The predicted octanol–water partition coefficient (Wildman–Crippen LogP) is 5.68. The molecular weight excluding hydrogens is 500 g/mol. The normalized spacial score (nSPS) is 24.6. The molecule has 2 aromatic carbocycles. The fourth-order valence-corrected chi connectivity index (χ4v) is 7.28. The Morgan fingerprint density at radius 1 is 1.00 bits per heavy atom. The second kappa shape index (κ2) is 10.5. The van der Waals surface area contributed by atoms with Crippen LogP contribution in [0.3, 0.4) is 0 Å². The second-order valence-electron chi connectivity index (χ2n) is 10.4. The Balaban J connectivity index is 2.22. The molecule has 4 rings (SSSR count). The van der Waals surface area contributed by atoms with Crippen molar-refractivity contribution in [2.24, 2.45) is 5.41 Å². The van der Waals surface area contributed by atoms with Crippen LogP contribution in [0.25, 0.3) is 0 Å². The molecule has 0 fully saturated rings. The number of carbonyl (C=O) groups is 2. The predicted molar refractivity (Wildman–Crippen MR) is 146 cm³/mol. The summed E-state index contributed by atoms with van der Waals surface area (Å²) in [7, 11) is -2.39. The summed E-state index contributed by atoms with van der Waals surface area (Å²) in [5, 5.41) is -2.51. The van der Waals surface area contributed by atoms with Crippen molar-refractivity contribution >= 4 is 21.8 Å². The number of fused-ring (bicyclic) bond motifs is 2. The molecule has 0 unspecified atom stereocenters. The van der Waals surface area contributed by atoms with Crippen LogP contribution >= 0.6 is 0 Å². The summed E-state index contributed by atoms with van der Waals surface area (Å²) in [5.74, 6) is -2.79. The van der Waals surface area contributed by atoms with Gasteiger partial charge in [0, 0.05) is 11.3 Å². The van der Waals surface area contributed by atoms with E-state index in [9.17, 15) is 20.7 Å². The zero-order valence-electron chi connectivity index (χ0n) is 24.5. The van der Waals surface area contributed by atoms with Crippen molar-refractivity contribution in [2.45, 2.75) is 67.9 Å². The average Bonchev–Trinajstić information content (AvgIpc) is 3.05. The number of allylic oxidation sites excluding steroid dienone is 2. The summed E-state index contributed by atoms with van der Waals surface area (Å²) in [5.41, 5.74) is -1.06. The van der Waals surface area contributed by atoms with Gasteiger partial charge in [-0.2, -0.15) is 0 Å². The van der Waals surface area contributed by atoms with Gasteiger partial charge < -0.3 is 9.47 Å². The van der Waals surface area contributed by atoms with Crippen molar-refractivity contribution in [3.8, 4) is 0 Å². The highest BCUT2D eigenvalue weighted by atomic mass is 32.2. The lowest BCUT2D eigenvalue weighted by molar-refractivity contribution is -0.165. The van der Waals surface area contributed by atoms with Gasteiger partial charge in [0.1, 0.15) is 0 Å². The van der Waals surface area contributed by atoms with Crippen molar-refractivity contribution in [3.63, 3.8) is 0 Å². The molecule has 0 bridgehead atoms. The first-order valence-electron chi connectivity index (χ1n) is 13.8. The molecule has 2 aliphatic carbocycles. The molecule has 6 nitrogen and oxygen atoms in total. The molecule has 2 aromatic rings. The van der Waals surface area contributed by atoms with Crippen LogP contribution in [0.2, 0.25) is 0 Å². The van der Waals surface area contributed by atoms with Gasteiger partial charge in [-0.05, 0) is 47.2 Å². The number of rotatable bonds is 7. The molecule has 0 N–H and O–H groups in total. The molecule has 202 valence electrons. The fourth-order valence-electron chi connectivity index (χ4n) is 5.61. The number of ether oxygens (including phenoxy) is 2. The van der Waals surface area contributed by atoms with Gasteiger partial charge in [0.15, 0.2) is 15.3 Å². The lowest BCUT2D eigenvalue weighted by Gasteiger charge is -2.38. The molecule has 0 saturated heterocycles. The highest BCUT2D eigenvalue weighted by molar-refractivity contribution is 7.92. The molecule has 0 heterocycles. The first kappa shape index (κ1) is 25.1. The Morgan fingerprint density at radius 2 is 1.61 bits per heavy atom. The number of carbonyl (C=O) groups excluding carboxylic acids is 2. The summed E-state index contributed by atoms with van der Waals surface area (Å²) in [6, 6.07) is 14.9. The van der Waals surface area contributed by atoms with Crippen LogP contribution in [0.5, 0.6) is 0 Å². The van der Waals surface area contributed by atoms with Crippen molar-refractivity contribution < 1.29 is 30.2 Å². The molecule has 2 aliphatic rings. The van der Waals surface area contributed by atoms with Crippen LogP contribution in [0.15, 0.2) is 82.8 Å². The Morgan fingerprint density at radius 3 is 2.21 bits per heavy atom. The minimum atomic E-state index is -4.54. The van der Waals surface area contributed by atoms with Gasteiger partial charge in [0.05, 0.1) is 27.1 Å². The van der Waals surface area contributed by atoms with E-state index in [1.807, 2.05) is 45.0 Å². The van der Waals surface area contributed by atoms with E-state index in [4.69, 9.17) is 9.47 Å². The van der Waals surface area contributed by atoms with Crippen molar-refractivity contribution in [1.29, 1.82) is 0 Å². The molecular formula is C31H36O6S. The van der Waals surface area contributed by atoms with E-state index in [1.54, 1.807) is 24.3 Å². The van der Waals surface area contributed by atoms with E-state index < -0.39 is 50.2 Å². The van der Waals surface area contributed by atoms with Gasteiger partial charge in [0.25, 0.3) is 0 Å². The van der Waals surface area contributed by atoms with E-state index in [1.165, 1.54) is 12.1 Å². The zero-order chi connectivity index (χ0) is 29.5. The minimum absolute atomic E-state index is 0.118. The molecule has 0 amide bonds. The quantitative estimate of drug-likeness (QED) is 0.333. The Bertz CT molecular complexity index is 1480. The SMILES string of the molecule is [2H]C1=C2C(=CC(C)(C)c3ccccc3[C@@H]2CCCC)[C@]([2H])(S(=O)(=O)c2ccccc2)CC1(C(=O)OC)C(=O)OC. The summed E-state index contributed by atoms with van der Waals surface area (Å²) in [6.45, 7) is 5.92.